The molecule has 0 saturated carbocycles. The number of likely N-dealkylation sites (tertiary alicyclic amines) is 1. The molecule has 0 aliphatic carbocycles. The fourth-order valence-electron chi connectivity index (χ4n) is 2.71. The summed E-state index contributed by atoms with van der Waals surface area (Å²) in [7, 11) is 1.81. The van der Waals surface area contributed by atoms with Gasteiger partial charge in [-0.3, -0.25) is 14.9 Å². The summed E-state index contributed by atoms with van der Waals surface area (Å²) in [5.41, 5.74) is -0.326. The zero-order valence-electron chi connectivity index (χ0n) is 12.1. The van der Waals surface area contributed by atoms with E-state index in [1.807, 2.05) is 7.05 Å². The van der Waals surface area contributed by atoms with Gasteiger partial charge >= 0.3 is 0 Å². The molecule has 0 radical (unpaired) electrons. The van der Waals surface area contributed by atoms with E-state index in [9.17, 15) is 19.3 Å². The summed E-state index contributed by atoms with van der Waals surface area (Å²) in [6, 6.07) is 2.19. The van der Waals surface area contributed by atoms with Crippen LogP contribution >= 0.6 is 0 Å². The predicted molar refractivity (Wildman–Crippen MR) is 75.8 cm³/mol. The summed E-state index contributed by atoms with van der Waals surface area (Å²) in [6.07, 6.45) is 1.77. The second-order valence-corrected chi connectivity index (χ2v) is 5.25. The van der Waals surface area contributed by atoms with Crippen LogP contribution in [0, 0.1) is 22.9 Å². The van der Waals surface area contributed by atoms with Crippen molar-refractivity contribution in [2.75, 3.05) is 20.1 Å². The number of rotatable bonds is 3. The van der Waals surface area contributed by atoms with E-state index in [0.717, 1.165) is 25.0 Å². The smallest absolute Gasteiger partial charge is 0.285 e. The Morgan fingerprint density at radius 2 is 2.24 bits per heavy atom. The van der Waals surface area contributed by atoms with Crippen molar-refractivity contribution < 1.29 is 14.1 Å². The molecule has 1 amide bonds. The molecule has 1 heterocycles. The molecule has 1 aliphatic heterocycles. The van der Waals surface area contributed by atoms with Crippen LogP contribution in [0.4, 0.5) is 10.1 Å². The van der Waals surface area contributed by atoms with E-state index in [1.54, 1.807) is 4.90 Å². The molecule has 1 saturated heterocycles. The van der Waals surface area contributed by atoms with Crippen LogP contribution in [0.3, 0.4) is 0 Å². The maximum Gasteiger partial charge on any atom is 0.285 e. The maximum atomic E-state index is 13.5. The van der Waals surface area contributed by atoms with Crippen LogP contribution in [0.2, 0.25) is 0 Å². The van der Waals surface area contributed by atoms with Crippen LogP contribution in [0.15, 0.2) is 12.1 Å². The number of hydrogen-bond acceptors (Lipinski definition) is 4. The summed E-state index contributed by atoms with van der Waals surface area (Å²) in [5, 5.41) is 14.3. The number of hydrogen-bond donors (Lipinski definition) is 1. The number of nitro benzene ring substituents is 1. The van der Waals surface area contributed by atoms with Gasteiger partial charge in [0.1, 0.15) is 11.4 Å². The van der Waals surface area contributed by atoms with Gasteiger partial charge in [-0.1, -0.05) is 0 Å². The normalized spacial score (nSPS) is 18.6. The van der Waals surface area contributed by atoms with E-state index in [2.05, 4.69) is 5.32 Å². The van der Waals surface area contributed by atoms with Gasteiger partial charge in [-0.2, -0.15) is 0 Å². The summed E-state index contributed by atoms with van der Waals surface area (Å²) < 4.78 is 13.5. The van der Waals surface area contributed by atoms with E-state index in [-0.39, 0.29) is 22.9 Å². The number of likely N-dealkylation sites (N-methyl/N-ethyl adjacent to an activating group) is 1. The van der Waals surface area contributed by atoms with Crippen LogP contribution in [0.25, 0.3) is 0 Å². The highest BCUT2D eigenvalue weighted by Gasteiger charge is 2.30. The average molecular weight is 295 g/mol. The van der Waals surface area contributed by atoms with Crippen LogP contribution in [0.1, 0.15) is 28.8 Å². The molecule has 0 aromatic heterocycles. The molecule has 6 nitrogen and oxygen atoms in total. The predicted octanol–water partition coefficient (Wildman–Crippen LogP) is 1.87. The van der Waals surface area contributed by atoms with Gasteiger partial charge in [0, 0.05) is 24.7 Å². The Balaban J connectivity index is 2.36. The minimum atomic E-state index is -0.636. The van der Waals surface area contributed by atoms with Crippen LogP contribution in [0.5, 0.6) is 0 Å². The molecule has 1 atom stereocenters. The van der Waals surface area contributed by atoms with Gasteiger partial charge < -0.3 is 10.2 Å². The lowest BCUT2D eigenvalue weighted by Gasteiger charge is -2.32. The summed E-state index contributed by atoms with van der Waals surface area (Å²) in [5.74, 6) is -1.12. The maximum absolute atomic E-state index is 13.5. The summed E-state index contributed by atoms with van der Waals surface area (Å²) in [6.45, 7) is 2.44. The molecular weight excluding hydrogens is 277 g/mol. The molecular formula is C14H18FN3O3. The number of nitrogens with one attached hydrogen (secondary N) is 1. The molecule has 0 bridgehead atoms. The molecule has 1 fully saturated rings. The van der Waals surface area contributed by atoms with Gasteiger partial charge in [0.2, 0.25) is 0 Å². The molecule has 0 spiro atoms. The summed E-state index contributed by atoms with van der Waals surface area (Å²) >= 11 is 0. The number of nitrogens with zero attached hydrogens (tertiary/aromatic N) is 2. The van der Waals surface area contributed by atoms with Crippen molar-refractivity contribution in [3.8, 4) is 0 Å². The van der Waals surface area contributed by atoms with Crippen molar-refractivity contribution >= 4 is 11.6 Å². The third-order valence-corrected chi connectivity index (χ3v) is 3.80. The highest BCUT2D eigenvalue weighted by atomic mass is 19.1. The molecule has 21 heavy (non-hydrogen) atoms. The number of nitro groups is 1. The second kappa shape index (κ2) is 6.17. The summed E-state index contributed by atoms with van der Waals surface area (Å²) in [4.78, 5) is 24.6. The molecule has 7 heteroatoms. The van der Waals surface area contributed by atoms with E-state index in [0.29, 0.717) is 13.1 Å². The number of benzene rings is 1. The van der Waals surface area contributed by atoms with Crippen molar-refractivity contribution in [2.24, 2.45) is 0 Å². The van der Waals surface area contributed by atoms with Gasteiger partial charge in [0.15, 0.2) is 0 Å². The quantitative estimate of drug-likeness (QED) is 0.682. The first-order valence-corrected chi connectivity index (χ1v) is 6.85. The zero-order valence-corrected chi connectivity index (χ0v) is 12.1. The van der Waals surface area contributed by atoms with Crippen molar-refractivity contribution in [3.05, 3.63) is 39.2 Å². The highest BCUT2D eigenvalue weighted by molar-refractivity contribution is 5.98. The average Bonchev–Trinajstić information content (AvgIpc) is 2.45. The van der Waals surface area contributed by atoms with E-state index < -0.39 is 16.6 Å². The highest BCUT2D eigenvalue weighted by Crippen LogP contribution is 2.27. The van der Waals surface area contributed by atoms with Gasteiger partial charge in [-0.15, -0.1) is 0 Å². The molecule has 1 aromatic rings. The Morgan fingerprint density at radius 1 is 1.52 bits per heavy atom. The lowest BCUT2D eigenvalue weighted by Crippen LogP contribution is -2.47. The van der Waals surface area contributed by atoms with Crippen molar-refractivity contribution in [1.29, 1.82) is 0 Å². The number of aryl methyl sites for hydroxylation is 1. The SMILES string of the molecule is CNC1CCCN(C(=O)c2cc(F)cc(C)c2[N+](=O)[O-])C1. The topological polar surface area (TPSA) is 75.5 Å². The van der Waals surface area contributed by atoms with E-state index in [4.69, 9.17) is 0 Å². The Hall–Kier alpha value is -2.02. The second-order valence-electron chi connectivity index (χ2n) is 5.25. The van der Waals surface area contributed by atoms with Crippen LogP contribution in [-0.4, -0.2) is 41.9 Å². The number of carbonyl (C=O) groups excluding carboxylic acids is 1. The lowest BCUT2D eigenvalue weighted by atomic mass is 10.0. The molecule has 1 unspecified atom stereocenters. The minimum absolute atomic E-state index is 0.158. The van der Waals surface area contributed by atoms with Crippen molar-refractivity contribution in [2.45, 2.75) is 25.8 Å². The van der Waals surface area contributed by atoms with Gasteiger partial charge in [-0.25, -0.2) is 4.39 Å². The molecule has 1 aromatic carbocycles. The standard InChI is InChI=1S/C14H18FN3O3/c1-9-6-10(15)7-12(13(9)18(20)21)14(19)17-5-3-4-11(8-17)16-2/h6-7,11,16H,3-5,8H2,1-2H3. The zero-order chi connectivity index (χ0) is 15.6. The third-order valence-electron chi connectivity index (χ3n) is 3.80. The fourth-order valence-corrected chi connectivity index (χ4v) is 2.71. The van der Waals surface area contributed by atoms with Gasteiger partial charge in [0.05, 0.1) is 4.92 Å². The van der Waals surface area contributed by atoms with Crippen LogP contribution in [-0.2, 0) is 0 Å². The minimum Gasteiger partial charge on any atom is -0.337 e. The third kappa shape index (κ3) is 3.18. The first kappa shape index (κ1) is 15.4. The van der Waals surface area contributed by atoms with Crippen molar-refractivity contribution in [1.82, 2.24) is 10.2 Å². The number of piperidine rings is 1. The van der Waals surface area contributed by atoms with E-state index >= 15 is 0 Å². The monoisotopic (exact) mass is 295 g/mol. The number of amides is 1. The lowest BCUT2D eigenvalue weighted by molar-refractivity contribution is -0.385. The Morgan fingerprint density at radius 3 is 2.86 bits per heavy atom. The van der Waals surface area contributed by atoms with E-state index in [1.165, 1.54) is 6.92 Å². The first-order chi connectivity index (χ1) is 9.93. The number of halogens is 1. The first-order valence-electron chi connectivity index (χ1n) is 6.85. The molecule has 1 N–H and O–H groups in total. The number of carbonyl (C=O) groups is 1. The molecule has 114 valence electrons. The van der Waals surface area contributed by atoms with Crippen LogP contribution < -0.4 is 5.32 Å². The van der Waals surface area contributed by atoms with Gasteiger partial charge in [0.25, 0.3) is 11.6 Å². The largest absolute Gasteiger partial charge is 0.337 e. The Kier molecular flexibility index (Phi) is 4.52. The fraction of sp³-hybridized carbons (Fsp3) is 0.500. The molecule has 2 rings (SSSR count). The van der Waals surface area contributed by atoms with Crippen molar-refractivity contribution in [3.63, 3.8) is 0 Å². The molecule has 1 aliphatic rings. The Labute approximate surface area is 122 Å². The Bertz CT molecular complexity index is 577. The van der Waals surface area contributed by atoms with Gasteiger partial charge in [-0.05, 0) is 38.9 Å².